The molecule has 3 aromatic heterocycles. The van der Waals surface area contributed by atoms with E-state index in [1.165, 1.54) is 16.5 Å². The first kappa shape index (κ1) is 17.8. The number of rotatable bonds is 0. The summed E-state index contributed by atoms with van der Waals surface area (Å²) in [4.78, 5) is 12.3. The van der Waals surface area contributed by atoms with Crippen molar-refractivity contribution < 1.29 is 4.42 Å². The first-order valence-corrected chi connectivity index (χ1v) is 9.64. The first-order valence-electron chi connectivity index (χ1n) is 8.76. The molecule has 0 bridgehead atoms. The molecule has 0 saturated carbocycles. The number of benzene rings is 3. The topological polar surface area (TPSA) is 51.8 Å². The molecule has 0 atom stereocenters. The van der Waals surface area contributed by atoms with Gasteiger partial charge in [-0.15, -0.1) is 11.3 Å². The molecule has 136 valence electrons. The predicted octanol–water partition coefficient (Wildman–Crippen LogP) is 6.36. The Morgan fingerprint density at radius 1 is 0.607 bits per heavy atom. The smallest absolute Gasteiger partial charge is 0.181 e. The van der Waals surface area contributed by atoms with Gasteiger partial charge in [0.2, 0.25) is 0 Å². The van der Waals surface area contributed by atoms with E-state index in [1.54, 1.807) is 11.3 Å². The van der Waals surface area contributed by atoms with E-state index in [-0.39, 0.29) is 0 Å². The molecule has 28 heavy (non-hydrogen) atoms. The molecular weight excluding hydrogens is 366 g/mol. The average molecular weight is 383 g/mol. The van der Waals surface area contributed by atoms with Gasteiger partial charge >= 0.3 is 0 Å². The number of hydrogen-bond acceptors (Lipinski definition) is 5. The van der Waals surface area contributed by atoms with Gasteiger partial charge in [-0.25, -0.2) is 9.97 Å². The molecule has 5 heteroatoms. The van der Waals surface area contributed by atoms with Crippen molar-refractivity contribution in [2.24, 2.45) is 0 Å². The highest BCUT2D eigenvalue weighted by atomic mass is 32.1. The lowest BCUT2D eigenvalue weighted by atomic mass is 10.2. The monoisotopic (exact) mass is 383 g/mol. The van der Waals surface area contributed by atoms with Crippen LogP contribution in [0.5, 0.6) is 0 Å². The Kier molecular flexibility index (Phi) is 5.65. The van der Waals surface area contributed by atoms with E-state index < -0.39 is 0 Å². The number of thiazole rings is 1. The molecule has 0 N–H and O–H groups in total. The fourth-order valence-electron chi connectivity index (χ4n) is 2.62. The Morgan fingerprint density at radius 2 is 1.32 bits per heavy atom. The Labute approximate surface area is 166 Å². The third-order valence-electron chi connectivity index (χ3n) is 3.99. The number of pyridine rings is 1. The van der Waals surface area contributed by atoms with Gasteiger partial charge in [0.15, 0.2) is 12.0 Å². The van der Waals surface area contributed by atoms with Gasteiger partial charge in [-0.3, -0.25) is 4.98 Å². The number of nitrogens with zero attached hydrogens (tertiary/aromatic N) is 3. The van der Waals surface area contributed by atoms with Crippen molar-refractivity contribution in [3.05, 3.63) is 103 Å². The zero-order valence-electron chi connectivity index (χ0n) is 15.0. The summed E-state index contributed by atoms with van der Waals surface area (Å²) < 4.78 is 6.27. The van der Waals surface area contributed by atoms with E-state index in [0.29, 0.717) is 0 Å². The lowest BCUT2D eigenvalue weighted by Crippen LogP contribution is -1.73. The van der Waals surface area contributed by atoms with E-state index in [1.807, 2.05) is 78.4 Å². The van der Waals surface area contributed by atoms with Crippen molar-refractivity contribution in [2.45, 2.75) is 0 Å². The Hall–Kier alpha value is -3.57. The van der Waals surface area contributed by atoms with E-state index in [2.05, 4.69) is 33.2 Å². The van der Waals surface area contributed by atoms with Gasteiger partial charge in [0.05, 0.1) is 21.2 Å². The maximum atomic E-state index is 5.01. The minimum atomic E-state index is 0.845. The fourth-order valence-corrected chi connectivity index (χ4v) is 3.30. The zero-order chi connectivity index (χ0) is 19.0. The fraction of sp³-hybridized carbons (Fsp3) is 0. The van der Waals surface area contributed by atoms with Crippen molar-refractivity contribution >= 4 is 43.6 Å². The van der Waals surface area contributed by atoms with Crippen LogP contribution >= 0.6 is 11.3 Å². The van der Waals surface area contributed by atoms with Gasteiger partial charge in [0.1, 0.15) is 5.52 Å². The Balaban J connectivity index is 0.000000103. The molecule has 0 fully saturated rings. The molecule has 0 aliphatic rings. The van der Waals surface area contributed by atoms with E-state index in [4.69, 9.17) is 4.42 Å². The molecule has 0 saturated heterocycles. The third-order valence-corrected chi connectivity index (χ3v) is 4.80. The summed E-state index contributed by atoms with van der Waals surface area (Å²) >= 11 is 1.68. The molecule has 6 aromatic rings. The zero-order valence-corrected chi connectivity index (χ0v) is 15.8. The van der Waals surface area contributed by atoms with Crippen LogP contribution in [0, 0.1) is 0 Å². The molecular formula is C23H17N3OS. The molecule has 0 aliphatic carbocycles. The van der Waals surface area contributed by atoms with Crippen molar-refractivity contribution in [3.8, 4) is 0 Å². The SMILES string of the molecule is c1ccc2ncccc2c1.c1ccc2ocnc2c1.c1ccc2scnc2c1. The number of oxazole rings is 1. The van der Waals surface area contributed by atoms with Crippen LogP contribution in [0.4, 0.5) is 0 Å². The molecule has 4 nitrogen and oxygen atoms in total. The molecule has 0 radical (unpaired) electrons. The number of fused-ring (bicyclic) bond motifs is 3. The summed E-state index contributed by atoms with van der Waals surface area (Å²) in [6.07, 6.45) is 3.26. The lowest BCUT2D eigenvalue weighted by Gasteiger charge is -1.91. The maximum absolute atomic E-state index is 5.01. The van der Waals surface area contributed by atoms with Gasteiger partial charge in [0.25, 0.3) is 0 Å². The standard InChI is InChI=1S/C9H7N.C7H5NO.C7H5NS/c1-2-6-9-8(4-1)5-3-7-10-9;2*1-2-4-7-6(3-1)8-5-9-7/h1-7H;2*1-5H. The third kappa shape index (κ3) is 4.39. The van der Waals surface area contributed by atoms with Crippen LogP contribution in [0.25, 0.3) is 32.2 Å². The van der Waals surface area contributed by atoms with Crippen LogP contribution < -0.4 is 0 Å². The van der Waals surface area contributed by atoms with Crippen LogP contribution in [0.3, 0.4) is 0 Å². The van der Waals surface area contributed by atoms with Crippen LogP contribution in [-0.4, -0.2) is 15.0 Å². The highest BCUT2D eigenvalue weighted by Crippen LogP contribution is 2.15. The summed E-state index contributed by atoms with van der Waals surface area (Å²) in [6.45, 7) is 0. The highest BCUT2D eigenvalue weighted by Gasteiger charge is 1.91. The quantitative estimate of drug-likeness (QED) is 0.306. The van der Waals surface area contributed by atoms with Crippen molar-refractivity contribution in [1.29, 1.82) is 0 Å². The number of para-hydroxylation sites is 4. The number of aromatic nitrogens is 3. The molecule has 3 aromatic carbocycles. The van der Waals surface area contributed by atoms with Crippen LogP contribution in [0.15, 0.2) is 107 Å². The first-order chi connectivity index (χ1) is 13.9. The van der Waals surface area contributed by atoms with Crippen LogP contribution in [0.1, 0.15) is 0 Å². The van der Waals surface area contributed by atoms with Gasteiger partial charge in [-0.2, -0.15) is 0 Å². The van der Waals surface area contributed by atoms with Crippen molar-refractivity contribution in [2.75, 3.05) is 0 Å². The summed E-state index contributed by atoms with van der Waals surface area (Å²) in [5.41, 5.74) is 5.78. The van der Waals surface area contributed by atoms with Crippen LogP contribution in [0.2, 0.25) is 0 Å². The second kappa shape index (κ2) is 8.88. The lowest BCUT2D eigenvalue weighted by molar-refractivity contribution is 0.602. The second-order valence-corrected chi connectivity index (χ2v) is 6.72. The maximum Gasteiger partial charge on any atom is 0.181 e. The Morgan fingerprint density at radius 3 is 2.14 bits per heavy atom. The molecule has 3 heterocycles. The minimum Gasteiger partial charge on any atom is -0.443 e. The summed E-state index contributed by atoms with van der Waals surface area (Å²) in [5.74, 6) is 0. The minimum absolute atomic E-state index is 0.845. The molecule has 0 amide bonds. The molecule has 0 spiro atoms. The predicted molar refractivity (Wildman–Crippen MR) is 115 cm³/mol. The molecule has 0 aliphatic heterocycles. The van der Waals surface area contributed by atoms with Gasteiger partial charge < -0.3 is 4.42 Å². The average Bonchev–Trinajstić information content (AvgIpc) is 3.44. The summed E-state index contributed by atoms with van der Waals surface area (Å²) in [6, 6.07) is 27.9. The highest BCUT2D eigenvalue weighted by molar-refractivity contribution is 7.16. The summed E-state index contributed by atoms with van der Waals surface area (Å²) in [7, 11) is 0. The van der Waals surface area contributed by atoms with Gasteiger partial charge in [-0.1, -0.05) is 48.5 Å². The largest absolute Gasteiger partial charge is 0.443 e. The number of hydrogen-bond donors (Lipinski definition) is 0. The van der Waals surface area contributed by atoms with E-state index in [0.717, 1.165) is 22.1 Å². The Bertz CT molecular complexity index is 1100. The van der Waals surface area contributed by atoms with Crippen LogP contribution in [-0.2, 0) is 0 Å². The van der Waals surface area contributed by atoms with Crippen molar-refractivity contribution in [3.63, 3.8) is 0 Å². The van der Waals surface area contributed by atoms with E-state index >= 15 is 0 Å². The molecule has 6 rings (SSSR count). The normalized spacial score (nSPS) is 10.1. The van der Waals surface area contributed by atoms with Gasteiger partial charge in [0, 0.05) is 11.6 Å². The van der Waals surface area contributed by atoms with Crippen molar-refractivity contribution in [1.82, 2.24) is 15.0 Å². The second-order valence-electron chi connectivity index (χ2n) is 5.84. The van der Waals surface area contributed by atoms with Gasteiger partial charge in [-0.05, 0) is 36.4 Å². The molecule has 0 unspecified atom stereocenters. The van der Waals surface area contributed by atoms with E-state index in [9.17, 15) is 0 Å². The summed E-state index contributed by atoms with van der Waals surface area (Å²) in [5, 5.41) is 1.20.